The van der Waals surface area contributed by atoms with E-state index in [4.69, 9.17) is 0 Å². The molecule has 0 aliphatic carbocycles. The van der Waals surface area contributed by atoms with Crippen LogP contribution in [0.1, 0.15) is 52.1 Å². The van der Waals surface area contributed by atoms with Gasteiger partial charge in [0.2, 0.25) is 0 Å². The highest BCUT2D eigenvalue weighted by Gasteiger charge is 2.24. The lowest BCUT2D eigenvalue weighted by atomic mass is 9.98. The molecule has 2 aliphatic rings. The number of nitrogens with one attached hydrogen (secondary N) is 1. The highest BCUT2D eigenvalue weighted by Crippen LogP contribution is 2.31. The molecule has 29 heavy (non-hydrogen) atoms. The van der Waals surface area contributed by atoms with Crippen LogP contribution in [0.2, 0.25) is 0 Å². The van der Waals surface area contributed by atoms with Crippen LogP contribution >= 0.6 is 11.3 Å². The third-order valence-corrected chi connectivity index (χ3v) is 7.25. The summed E-state index contributed by atoms with van der Waals surface area (Å²) in [6.07, 6.45) is 3.23. The molecule has 0 atom stereocenters. The first-order valence-electron chi connectivity index (χ1n) is 10.6. The molecule has 0 unspecified atom stereocenters. The number of carbonyl (C=O) groups is 1. The molecule has 6 heteroatoms. The zero-order valence-corrected chi connectivity index (χ0v) is 18.0. The number of carbonyl (C=O) groups excluding carboxylic acids is 1. The summed E-state index contributed by atoms with van der Waals surface area (Å²) < 4.78 is 2.41. The van der Waals surface area contributed by atoms with E-state index in [1.165, 1.54) is 22.2 Å². The molecule has 2 aromatic heterocycles. The Morgan fingerprint density at radius 2 is 2.14 bits per heavy atom. The minimum Gasteiger partial charge on any atom is -0.339 e. The Balaban J connectivity index is 1.53. The quantitative estimate of drug-likeness (QED) is 0.713. The zero-order valence-electron chi connectivity index (χ0n) is 17.2. The smallest absolute Gasteiger partial charge is 0.253 e. The van der Waals surface area contributed by atoms with Crippen molar-refractivity contribution in [1.82, 2.24) is 19.8 Å². The Morgan fingerprint density at radius 1 is 1.31 bits per heavy atom. The fourth-order valence-electron chi connectivity index (χ4n) is 4.73. The van der Waals surface area contributed by atoms with Crippen molar-refractivity contribution in [3.05, 3.63) is 51.1 Å². The van der Waals surface area contributed by atoms with Gasteiger partial charge in [0.1, 0.15) is 0 Å². The number of rotatable bonds is 3. The fraction of sp³-hybridized carbons (Fsp3) is 0.478. The van der Waals surface area contributed by atoms with Gasteiger partial charge in [-0.1, -0.05) is 6.92 Å². The number of hydrogen-bond donors (Lipinski definition) is 1. The Bertz CT molecular complexity index is 1060. The normalized spacial score (nSPS) is 17.7. The molecular formula is C23H28N4OS. The van der Waals surface area contributed by atoms with Crippen molar-refractivity contribution in [2.45, 2.75) is 46.2 Å². The lowest BCUT2D eigenvalue weighted by Gasteiger charge is -2.30. The predicted octanol–water partition coefficient (Wildman–Crippen LogP) is 3.97. The van der Waals surface area contributed by atoms with Gasteiger partial charge in [0.05, 0.1) is 17.2 Å². The summed E-state index contributed by atoms with van der Waals surface area (Å²) in [6, 6.07) is 6.29. The summed E-state index contributed by atoms with van der Waals surface area (Å²) in [5.74, 6) is 0.905. The van der Waals surface area contributed by atoms with E-state index in [1.54, 1.807) is 11.3 Å². The molecule has 4 heterocycles. The van der Waals surface area contributed by atoms with E-state index in [0.717, 1.165) is 74.2 Å². The number of aromatic nitrogens is 2. The van der Waals surface area contributed by atoms with E-state index in [1.807, 2.05) is 11.0 Å². The van der Waals surface area contributed by atoms with Gasteiger partial charge < -0.3 is 14.8 Å². The van der Waals surface area contributed by atoms with Gasteiger partial charge in [-0.05, 0) is 49.4 Å². The summed E-state index contributed by atoms with van der Waals surface area (Å²) >= 11 is 1.70. The second kappa shape index (κ2) is 7.58. The molecule has 1 amide bonds. The third-order valence-electron chi connectivity index (χ3n) is 6.43. The molecule has 1 fully saturated rings. The van der Waals surface area contributed by atoms with E-state index >= 15 is 0 Å². The monoisotopic (exact) mass is 408 g/mol. The van der Waals surface area contributed by atoms with Crippen LogP contribution in [0.4, 0.5) is 0 Å². The number of thiazole rings is 1. The van der Waals surface area contributed by atoms with Crippen molar-refractivity contribution in [1.29, 1.82) is 0 Å². The minimum atomic E-state index is 0.180. The van der Waals surface area contributed by atoms with E-state index in [-0.39, 0.29) is 5.91 Å². The standard InChI is InChI=1S/C23H28N4OS/c1-15-6-9-26(10-7-15)23(28)17-3-4-21-19(11-17)20-12-24-8-5-22(20)27(21)13-18-14-29-16(2)25-18/h3-4,11,14-15,24H,5-10,12-13H2,1-2H3. The second-order valence-electron chi connectivity index (χ2n) is 8.50. The van der Waals surface area contributed by atoms with Gasteiger partial charge in [-0.3, -0.25) is 4.79 Å². The highest BCUT2D eigenvalue weighted by molar-refractivity contribution is 7.09. The van der Waals surface area contributed by atoms with Crippen molar-refractivity contribution >= 4 is 28.1 Å². The summed E-state index contributed by atoms with van der Waals surface area (Å²) in [6.45, 7) is 8.75. The first-order chi connectivity index (χ1) is 14.1. The van der Waals surface area contributed by atoms with Gasteiger partial charge in [-0.25, -0.2) is 4.98 Å². The summed E-state index contributed by atoms with van der Waals surface area (Å²) in [5.41, 5.74) is 5.89. The number of aryl methyl sites for hydroxylation is 1. The largest absolute Gasteiger partial charge is 0.339 e. The molecule has 2 aliphatic heterocycles. The number of hydrogen-bond acceptors (Lipinski definition) is 4. The van der Waals surface area contributed by atoms with Gasteiger partial charge in [0.15, 0.2) is 0 Å². The van der Waals surface area contributed by atoms with Crippen molar-refractivity contribution in [2.24, 2.45) is 5.92 Å². The van der Waals surface area contributed by atoms with Crippen LogP contribution in [0.25, 0.3) is 10.9 Å². The van der Waals surface area contributed by atoms with Crippen LogP contribution in [-0.2, 0) is 19.5 Å². The zero-order chi connectivity index (χ0) is 20.0. The Hall–Kier alpha value is -2.18. The van der Waals surface area contributed by atoms with Gasteiger partial charge in [0.25, 0.3) is 5.91 Å². The second-order valence-corrected chi connectivity index (χ2v) is 9.56. The maximum absolute atomic E-state index is 13.1. The predicted molar refractivity (Wildman–Crippen MR) is 118 cm³/mol. The lowest BCUT2D eigenvalue weighted by molar-refractivity contribution is 0.0697. The SMILES string of the molecule is Cc1nc(Cn2c3c(c4cc(C(=O)N5CCC(C)CC5)ccc42)CNCC3)cs1. The molecule has 5 rings (SSSR count). The molecule has 1 aromatic carbocycles. The molecule has 0 radical (unpaired) electrons. The Labute approximate surface area is 175 Å². The molecule has 152 valence electrons. The van der Waals surface area contributed by atoms with E-state index in [0.29, 0.717) is 0 Å². The summed E-state index contributed by atoms with van der Waals surface area (Å²) in [4.78, 5) is 19.8. The molecule has 0 bridgehead atoms. The lowest BCUT2D eigenvalue weighted by Crippen LogP contribution is -2.37. The number of likely N-dealkylation sites (tertiary alicyclic amines) is 1. The molecule has 3 aromatic rings. The Kier molecular flexibility index (Phi) is 4.92. The van der Waals surface area contributed by atoms with E-state index < -0.39 is 0 Å². The van der Waals surface area contributed by atoms with Crippen LogP contribution in [0.15, 0.2) is 23.6 Å². The van der Waals surface area contributed by atoms with Crippen LogP contribution in [0, 0.1) is 12.8 Å². The fourth-order valence-corrected chi connectivity index (χ4v) is 5.33. The minimum absolute atomic E-state index is 0.180. The maximum atomic E-state index is 13.1. The van der Waals surface area contributed by atoms with Crippen molar-refractivity contribution < 1.29 is 4.79 Å². The topological polar surface area (TPSA) is 50.2 Å². The molecule has 0 saturated carbocycles. The van der Waals surface area contributed by atoms with Crippen LogP contribution < -0.4 is 5.32 Å². The summed E-state index contributed by atoms with van der Waals surface area (Å²) in [7, 11) is 0. The number of fused-ring (bicyclic) bond motifs is 3. The average Bonchev–Trinajstić information content (AvgIpc) is 3.29. The maximum Gasteiger partial charge on any atom is 0.253 e. The van der Waals surface area contributed by atoms with Gasteiger partial charge in [-0.2, -0.15) is 0 Å². The first-order valence-corrected chi connectivity index (χ1v) is 11.5. The van der Waals surface area contributed by atoms with Crippen LogP contribution in [-0.4, -0.2) is 40.0 Å². The van der Waals surface area contributed by atoms with Crippen LogP contribution in [0.5, 0.6) is 0 Å². The average molecular weight is 409 g/mol. The van der Waals surface area contributed by atoms with Gasteiger partial charge in [-0.15, -0.1) is 11.3 Å². The number of piperidine rings is 1. The molecule has 5 nitrogen and oxygen atoms in total. The molecule has 0 spiro atoms. The number of benzene rings is 1. The van der Waals surface area contributed by atoms with E-state index in [9.17, 15) is 4.79 Å². The molecule has 1 N–H and O–H groups in total. The highest BCUT2D eigenvalue weighted by atomic mass is 32.1. The van der Waals surface area contributed by atoms with Gasteiger partial charge >= 0.3 is 0 Å². The molecule has 1 saturated heterocycles. The van der Waals surface area contributed by atoms with Crippen LogP contribution in [0.3, 0.4) is 0 Å². The summed E-state index contributed by atoms with van der Waals surface area (Å²) in [5, 5.41) is 7.99. The van der Waals surface area contributed by atoms with Gasteiger partial charge in [0, 0.05) is 60.1 Å². The van der Waals surface area contributed by atoms with Crippen molar-refractivity contribution in [2.75, 3.05) is 19.6 Å². The molecular weight excluding hydrogens is 380 g/mol. The van der Waals surface area contributed by atoms with Crippen molar-refractivity contribution in [3.8, 4) is 0 Å². The Morgan fingerprint density at radius 3 is 2.90 bits per heavy atom. The number of amides is 1. The first kappa shape index (κ1) is 18.8. The van der Waals surface area contributed by atoms with Crippen molar-refractivity contribution in [3.63, 3.8) is 0 Å². The van der Waals surface area contributed by atoms with E-state index in [2.05, 4.69) is 46.2 Å². The number of nitrogens with zero attached hydrogens (tertiary/aromatic N) is 3. The third kappa shape index (κ3) is 3.49.